The van der Waals surface area contributed by atoms with Gasteiger partial charge < -0.3 is 10.1 Å². The molecule has 0 rings (SSSR count). The predicted octanol–water partition coefficient (Wildman–Crippen LogP) is 3.39. The maximum Gasteiger partial charge on any atom is 0.148 e. The fraction of sp³-hybridized carbons (Fsp3) is 0.833. The maximum absolute atomic E-state index is 7.56. The standard InChI is InChI=1S/C6H10I3NO/c1-4(10)6(8,9)5(2,7)11-3/h10H,1-3H3. The van der Waals surface area contributed by atoms with Crippen molar-refractivity contribution in [2.45, 2.75) is 18.9 Å². The minimum absolute atomic E-state index is 0.266. The van der Waals surface area contributed by atoms with Gasteiger partial charge in [-0.15, -0.1) is 0 Å². The maximum atomic E-state index is 7.56. The number of alkyl halides is 3. The van der Waals surface area contributed by atoms with Gasteiger partial charge in [0.1, 0.15) is 5.04 Å². The van der Waals surface area contributed by atoms with Gasteiger partial charge in [-0.2, -0.15) is 0 Å². The quantitative estimate of drug-likeness (QED) is 0.366. The predicted molar refractivity (Wildman–Crippen MR) is 73.6 cm³/mol. The van der Waals surface area contributed by atoms with Gasteiger partial charge in [0.05, 0.1) is 0 Å². The van der Waals surface area contributed by atoms with Gasteiger partial charge in [-0.05, 0) is 36.4 Å². The summed E-state index contributed by atoms with van der Waals surface area (Å²) in [6, 6.07) is 0. The molecule has 0 spiro atoms. The molecule has 5 heteroatoms. The number of hydrogen-bond donors (Lipinski definition) is 1. The summed E-state index contributed by atoms with van der Waals surface area (Å²) in [5.41, 5.74) is 0.623. The molecule has 0 radical (unpaired) electrons. The minimum atomic E-state index is -0.322. The van der Waals surface area contributed by atoms with Crippen LogP contribution in [0.15, 0.2) is 0 Å². The third-order valence-corrected chi connectivity index (χ3v) is 8.41. The van der Waals surface area contributed by atoms with Crippen molar-refractivity contribution in [3.8, 4) is 0 Å². The highest BCUT2D eigenvalue weighted by atomic mass is 127. The smallest absolute Gasteiger partial charge is 0.148 e. The molecule has 1 atom stereocenters. The SMILES string of the molecule is COC(C)(I)C(I)(I)C(C)=N. The fourth-order valence-electron chi connectivity index (χ4n) is 0.463. The van der Waals surface area contributed by atoms with Gasteiger partial charge in [0, 0.05) is 12.8 Å². The molecule has 0 amide bonds. The Bertz CT molecular complexity index is 167. The topological polar surface area (TPSA) is 33.1 Å². The fourth-order valence-corrected chi connectivity index (χ4v) is 1.31. The van der Waals surface area contributed by atoms with Crippen LogP contribution in [-0.2, 0) is 4.74 Å². The van der Waals surface area contributed by atoms with Crippen LogP contribution in [0, 0.1) is 5.41 Å². The lowest BCUT2D eigenvalue weighted by Gasteiger charge is -2.34. The lowest BCUT2D eigenvalue weighted by atomic mass is 10.2. The van der Waals surface area contributed by atoms with Crippen LogP contribution >= 0.6 is 67.8 Å². The third kappa shape index (κ3) is 2.90. The molecular formula is C6H10I3NO. The van der Waals surface area contributed by atoms with E-state index in [0.717, 1.165) is 0 Å². The first kappa shape index (κ1) is 12.8. The van der Waals surface area contributed by atoms with E-state index < -0.39 is 0 Å². The molecule has 0 saturated heterocycles. The molecule has 0 fully saturated rings. The highest BCUT2D eigenvalue weighted by Crippen LogP contribution is 2.46. The molecule has 11 heavy (non-hydrogen) atoms. The molecule has 0 bridgehead atoms. The first-order valence-electron chi connectivity index (χ1n) is 2.93. The van der Waals surface area contributed by atoms with Crippen LogP contribution in [0.3, 0.4) is 0 Å². The molecule has 0 aromatic carbocycles. The van der Waals surface area contributed by atoms with Gasteiger partial charge in [0.15, 0.2) is 0 Å². The Labute approximate surface area is 108 Å². The van der Waals surface area contributed by atoms with Crippen LogP contribution in [-0.4, -0.2) is 17.9 Å². The molecule has 0 aromatic heterocycles. The number of rotatable bonds is 3. The molecule has 0 aliphatic heterocycles. The molecule has 0 aromatic rings. The zero-order chi connectivity index (χ0) is 9.28. The Balaban J connectivity index is 4.67. The average Bonchev–Trinajstić information content (AvgIpc) is 1.87. The van der Waals surface area contributed by atoms with Crippen LogP contribution in [0.2, 0.25) is 0 Å². The second-order valence-corrected chi connectivity index (χ2v) is 9.68. The Hall–Kier alpha value is 1.82. The Morgan fingerprint density at radius 1 is 1.36 bits per heavy atom. The summed E-state index contributed by atoms with van der Waals surface area (Å²) in [7, 11) is 1.67. The van der Waals surface area contributed by atoms with Crippen LogP contribution in [0.4, 0.5) is 0 Å². The second kappa shape index (κ2) is 4.36. The van der Waals surface area contributed by atoms with E-state index in [4.69, 9.17) is 10.1 Å². The Morgan fingerprint density at radius 2 is 1.73 bits per heavy atom. The van der Waals surface area contributed by atoms with Crippen LogP contribution in [0.1, 0.15) is 13.8 Å². The Kier molecular flexibility index (Phi) is 5.08. The average molecular weight is 493 g/mol. The molecule has 0 aliphatic rings. The molecule has 66 valence electrons. The molecule has 1 N–H and O–H groups in total. The van der Waals surface area contributed by atoms with E-state index in [1.54, 1.807) is 14.0 Å². The van der Waals surface area contributed by atoms with Crippen molar-refractivity contribution < 1.29 is 4.74 Å². The number of ether oxygens (including phenoxy) is 1. The van der Waals surface area contributed by atoms with E-state index in [1.165, 1.54) is 0 Å². The summed E-state index contributed by atoms with van der Waals surface area (Å²) >= 11 is 6.70. The van der Waals surface area contributed by atoms with Crippen LogP contribution < -0.4 is 0 Å². The zero-order valence-corrected chi connectivity index (χ0v) is 13.0. The number of hydrogen-bond acceptors (Lipinski definition) is 2. The van der Waals surface area contributed by atoms with E-state index in [-0.39, 0.29) is 5.04 Å². The molecule has 1 unspecified atom stereocenters. The monoisotopic (exact) mass is 493 g/mol. The summed E-state index contributed by atoms with van der Waals surface area (Å²) in [4.78, 5) is 0. The lowest BCUT2D eigenvalue weighted by molar-refractivity contribution is 0.113. The van der Waals surface area contributed by atoms with Crippen molar-refractivity contribution in [1.29, 1.82) is 5.41 Å². The molecule has 0 heterocycles. The summed E-state index contributed by atoms with van der Waals surface area (Å²) in [6.45, 7) is 3.78. The highest BCUT2D eigenvalue weighted by Gasteiger charge is 2.44. The van der Waals surface area contributed by atoms with Crippen molar-refractivity contribution in [2.75, 3.05) is 7.11 Å². The van der Waals surface area contributed by atoms with Crippen molar-refractivity contribution >= 4 is 73.5 Å². The molecule has 2 nitrogen and oxygen atoms in total. The van der Waals surface area contributed by atoms with Crippen LogP contribution in [0.5, 0.6) is 0 Å². The van der Waals surface area contributed by atoms with Gasteiger partial charge in [-0.1, -0.05) is 45.2 Å². The lowest BCUT2D eigenvalue weighted by Crippen LogP contribution is -2.43. The third-order valence-electron chi connectivity index (χ3n) is 1.42. The minimum Gasteiger partial charge on any atom is -0.366 e. The summed E-state index contributed by atoms with van der Waals surface area (Å²) in [5.74, 6) is 0. The molecule has 0 aliphatic carbocycles. The number of nitrogens with one attached hydrogen (secondary N) is 1. The van der Waals surface area contributed by atoms with Crippen molar-refractivity contribution in [3.05, 3.63) is 0 Å². The van der Waals surface area contributed by atoms with E-state index in [9.17, 15) is 0 Å². The van der Waals surface area contributed by atoms with E-state index in [0.29, 0.717) is 5.71 Å². The van der Waals surface area contributed by atoms with Gasteiger partial charge in [0.25, 0.3) is 0 Å². The Morgan fingerprint density at radius 3 is 1.82 bits per heavy atom. The highest BCUT2D eigenvalue weighted by molar-refractivity contribution is 14.2. The van der Waals surface area contributed by atoms with Gasteiger partial charge in [-0.25, -0.2) is 0 Å². The summed E-state index contributed by atoms with van der Waals surface area (Å²) in [5, 5.41) is 7.56. The summed E-state index contributed by atoms with van der Waals surface area (Å²) < 4.78 is 4.71. The normalized spacial score (nSPS) is 17.6. The van der Waals surface area contributed by atoms with E-state index in [1.807, 2.05) is 6.92 Å². The van der Waals surface area contributed by atoms with Gasteiger partial charge in [0.2, 0.25) is 0 Å². The van der Waals surface area contributed by atoms with E-state index >= 15 is 0 Å². The van der Waals surface area contributed by atoms with Crippen LogP contribution in [0.25, 0.3) is 0 Å². The van der Waals surface area contributed by atoms with Crippen molar-refractivity contribution in [2.24, 2.45) is 0 Å². The largest absolute Gasteiger partial charge is 0.366 e. The van der Waals surface area contributed by atoms with Crippen molar-refractivity contribution in [3.63, 3.8) is 0 Å². The van der Waals surface area contributed by atoms with Crippen molar-refractivity contribution in [1.82, 2.24) is 0 Å². The first-order chi connectivity index (χ1) is 4.75. The summed E-state index contributed by atoms with van der Waals surface area (Å²) in [6.07, 6.45) is 0. The van der Waals surface area contributed by atoms with E-state index in [2.05, 4.69) is 67.8 Å². The first-order valence-corrected chi connectivity index (χ1v) is 6.17. The second-order valence-electron chi connectivity index (χ2n) is 2.32. The van der Waals surface area contributed by atoms with Gasteiger partial charge in [-0.3, -0.25) is 0 Å². The number of methoxy groups -OCH3 is 1. The van der Waals surface area contributed by atoms with Gasteiger partial charge >= 0.3 is 0 Å². The molecule has 0 saturated carbocycles. The number of halogens is 3. The molecular weight excluding hydrogens is 483 g/mol. The zero-order valence-electron chi connectivity index (χ0n) is 6.54.